The lowest BCUT2D eigenvalue weighted by atomic mass is 9.82. The number of likely N-dealkylation sites (tertiary alicyclic amines) is 1. The van der Waals surface area contributed by atoms with Gasteiger partial charge in [0.1, 0.15) is 5.76 Å². The van der Waals surface area contributed by atoms with Gasteiger partial charge in [0.25, 0.3) is 17.6 Å². The Morgan fingerprint density at radius 2 is 1.85 bits per heavy atom. The number of carbonyl (C=O) groups is 3. The first-order chi connectivity index (χ1) is 15.9. The van der Waals surface area contributed by atoms with Crippen molar-refractivity contribution < 1.29 is 24.2 Å². The van der Waals surface area contributed by atoms with Crippen LogP contribution in [0.4, 0.5) is 5.69 Å². The van der Waals surface area contributed by atoms with Gasteiger partial charge in [0.05, 0.1) is 11.3 Å². The molecule has 7 nitrogen and oxygen atoms in total. The van der Waals surface area contributed by atoms with Crippen molar-refractivity contribution in [2.24, 2.45) is 0 Å². The SMILES string of the molecule is C=CCN1C(=O)C2(C(=C(O)c3ccc(Br)cc3)C(=O)C(=O)N2CCCOC)c2ccccc21. The Balaban J connectivity index is 2.02. The number of ketones is 1. The number of fused-ring (bicyclic) bond motifs is 2. The molecule has 170 valence electrons. The molecule has 1 atom stereocenters. The summed E-state index contributed by atoms with van der Waals surface area (Å²) in [6.45, 7) is 4.39. The lowest BCUT2D eigenvalue weighted by Crippen LogP contribution is -2.52. The zero-order valence-electron chi connectivity index (χ0n) is 18.1. The fourth-order valence-corrected chi connectivity index (χ4v) is 4.86. The van der Waals surface area contributed by atoms with Crippen LogP contribution < -0.4 is 4.90 Å². The second-order valence-electron chi connectivity index (χ2n) is 7.79. The van der Waals surface area contributed by atoms with Crippen LogP contribution in [-0.2, 0) is 24.7 Å². The molecule has 1 N–H and O–H groups in total. The number of Topliss-reactive ketones (excluding diaryl/α,β-unsaturated/α-hetero) is 1. The molecule has 0 bridgehead atoms. The summed E-state index contributed by atoms with van der Waals surface area (Å²) in [6, 6.07) is 13.7. The van der Waals surface area contributed by atoms with E-state index in [9.17, 15) is 19.5 Å². The number of aliphatic hydroxyl groups is 1. The van der Waals surface area contributed by atoms with E-state index in [0.29, 0.717) is 29.8 Å². The number of anilines is 1. The zero-order valence-corrected chi connectivity index (χ0v) is 19.7. The quantitative estimate of drug-likeness (QED) is 0.202. The molecule has 2 aromatic rings. The number of benzene rings is 2. The smallest absolute Gasteiger partial charge is 0.296 e. The molecule has 33 heavy (non-hydrogen) atoms. The molecular weight excluding hydrogens is 488 g/mol. The predicted molar refractivity (Wildman–Crippen MR) is 128 cm³/mol. The van der Waals surface area contributed by atoms with Crippen LogP contribution in [0.1, 0.15) is 17.5 Å². The summed E-state index contributed by atoms with van der Waals surface area (Å²) in [6.07, 6.45) is 2.00. The zero-order chi connectivity index (χ0) is 23.8. The molecular formula is C25H23BrN2O5. The molecule has 2 aromatic carbocycles. The summed E-state index contributed by atoms with van der Waals surface area (Å²) in [5, 5.41) is 11.3. The Hall–Kier alpha value is -3.23. The average molecular weight is 511 g/mol. The first kappa shape index (κ1) is 22.9. The molecule has 2 amide bonds. The maximum Gasteiger partial charge on any atom is 0.296 e. The molecule has 0 aromatic heterocycles. The van der Waals surface area contributed by atoms with Crippen LogP contribution in [0.2, 0.25) is 0 Å². The van der Waals surface area contributed by atoms with Gasteiger partial charge in [0.15, 0.2) is 5.54 Å². The number of methoxy groups -OCH3 is 1. The summed E-state index contributed by atoms with van der Waals surface area (Å²) in [4.78, 5) is 43.5. The molecule has 2 heterocycles. The van der Waals surface area contributed by atoms with E-state index < -0.39 is 28.9 Å². The van der Waals surface area contributed by atoms with E-state index in [4.69, 9.17) is 4.74 Å². The van der Waals surface area contributed by atoms with Crippen LogP contribution in [0.15, 0.2) is 71.2 Å². The molecule has 0 radical (unpaired) electrons. The number of hydrogen-bond acceptors (Lipinski definition) is 5. The molecule has 1 spiro atoms. The van der Waals surface area contributed by atoms with E-state index in [1.807, 2.05) is 0 Å². The highest BCUT2D eigenvalue weighted by molar-refractivity contribution is 9.10. The fourth-order valence-electron chi connectivity index (χ4n) is 4.60. The predicted octanol–water partition coefficient (Wildman–Crippen LogP) is 3.59. The van der Waals surface area contributed by atoms with Crippen LogP contribution in [0.25, 0.3) is 5.76 Å². The average Bonchev–Trinajstić information content (AvgIpc) is 3.19. The van der Waals surface area contributed by atoms with Gasteiger partial charge in [-0.25, -0.2) is 0 Å². The fraction of sp³-hybridized carbons (Fsp3) is 0.240. The van der Waals surface area contributed by atoms with Gasteiger partial charge in [0.2, 0.25) is 0 Å². The first-order valence-electron chi connectivity index (χ1n) is 10.5. The van der Waals surface area contributed by atoms with Crippen LogP contribution >= 0.6 is 15.9 Å². The summed E-state index contributed by atoms with van der Waals surface area (Å²) < 4.78 is 5.91. The van der Waals surface area contributed by atoms with Gasteiger partial charge < -0.3 is 19.6 Å². The minimum absolute atomic E-state index is 0.109. The molecule has 1 fully saturated rings. The monoisotopic (exact) mass is 510 g/mol. The van der Waals surface area contributed by atoms with Crippen LogP contribution in [0.3, 0.4) is 0 Å². The Labute approximate surface area is 200 Å². The van der Waals surface area contributed by atoms with Gasteiger partial charge in [-0.3, -0.25) is 14.4 Å². The molecule has 0 aliphatic carbocycles. The van der Waals surface area contributed by atoms with Gasteiger partial charge in [-0.2, -0.15) is 0 Å². The molecule has 0 saturated carbocycles. The van der Waals surface area contributed by atoms with Gasteiger partial charge in [0, 0.05) is 42.4 Å². The highest BCUT2D eigenvalue weighted by Crippen LogP contribution is 2.53. The Kier molecular flexibility index (Phi) is 6.23. The maximum atomic E-state index is 14.1. The number of carbonyl (C=O) groups excluding carboxylic acids is 3. The van der Waals surface area contributed by atoms with E-state index >= 15 is 0 Å². The first-order valence-corrected chi connectivity index (χ1v) is 11.3. The number of aliphatic hydroxyl groups excluding tert-OH is 1. The van der Waals surface area contributed by atoms with Gasteiger partial charge in [-0.1, -0.05) is 52.3 Å². The van der Waals surface area contributed by atoms with Crippen molar-refractivity contribution >= 4 is 45.0 Å². The number of hydrogen-bond donors (Lipinski definition) is 1. The lowest BCUT2D eigenvalue weighted by molar-refractivity contribution is -0.143. The summed E-state index contributed by atoms with van der Waals surface area (Å²) >= 11 is 3.35. The molecule has 1 unspecified atom stereocenters. The number of para-hydroxylation sites is 1. The lowest BCUT2D eigenvalue weighted by Gasteiger charge is -2.34. The maximum absolute atomic E-state index is 14.1. The van der Waals surface area contributed by atoms with Gasteiger partial charge in [-0.05, 0) is 24.6 Å². The third-order valence-corrected chi connectivity index (χ3v) is 6.50. The Morgan fingerprint density at radius 1 is 1.15 bits per heavy atom. The number of rotatable bonds is 7. The van der Waals surface area contributed by atoms with E-state index in [2.05, 4.69) is 22.5 Å². The summed E-state index contributed by atoms with van der Waals surface area (Å²) in [5.74, 6) is -2.58. The minimum Gasteiger partial charge on any atom is -0.507 e. The van der Waals surface area contributed by atoms with E-state index in [0.717, 1.165) is 4.47 Å². The number of ether oxygens (including phenoxy) is 1. The van der Waals surface area contributed by atoms with Crippen molar-refractivity contribution in [1.82, 2.24) is 4.90 Å². The van der Waals surface area contributed by atoms with Crippen LogP contribution in [0, 0.1) is 0 Å². The molecule has 2 aliphatic rings. The van der Waals surface area contributed by atoms with E-state index in [-0.39, 0.29) is 18.7 Å². The second-order valence-corrected chi connectivity index (χ2v) is 8.71. The van der Waals surface area contributed by atoms with Crippen molar-refractivity contribution in [3.8, 4) is 0 Å². The van der Waals surface area contributed by atoms with Gasteiger partial charge in [-0.15, -0.1) is 6.58 Å². The molecule has 2 aliphatic heterocycles. The van der Waals surface area contributed by atoms with Crippen molar-refractivity contribution in [3.05, 3.63) is 82.4 Å². The summed E-state index contributed by atoms with van der Waals surface area (Å²) in [5.41, 5.74) is -0.607. The third kappa shape index (κ3) is 3.41. The van der Waals surface area contributed by atoms with E-state index in [1.54, 1.807) is 61.7 Å². The normalized spacial score (nSPS) is 21.2. The minimum atomic E-state index is -1.77. The Morgan fingerprint density at radius 3 is 2.52 bits per heavy atom. The number of halogens is 1. The number of nitrogens with zero attached hydrogens (tertiary/aromatic N) is 2. The van der Waals surface area contributed by atoms with Crippen molar-refractivity contribution in [2.75, 3.05) is 31.7 Å². The largest absolute Gasteiger partial charge is 0.507 e. The second kappa shape index (κ2) is 8.96. The molecule has 8 heteroatoms. The third-order valence-electron chi connectivity index (χ3n) is 5.97. The van der Waals surface area contributed by atoms with Crippen molar-refractivity contribution in [3.63, 3.8) is 0 Å². The topological polar surface area (TPSA) is 87.2 Å². The van der Waals surface area contributed by atoms with Crippen LogP contribution in [0.5, 0.6) is 0 Å². The number of amides is 2. The highest BCUT2D eigenvalue weighted by Gasteiger charge is 2.66. The molecule has 1 saturated heterocycles. The Bertz CT molecular complexity index is 1170. The van der Waals surface area contributed by atoms with Crippen molar-refractivity contribution in [1.29, 1.82) is 0 Å². The molecule has 4 rings (SSSR count). The van der Waals surface area contributed by atoms with E-state index in [1.165, 1.54) is 9.80 Å². The summed E-state index contributed by atoms with van der Waals surface area (Å²) in [7, 11) is 1.54. The highest BCUT2D eigenvalue weighted by atomic mass is 79.9. The van der Waals surface area contributed by atoms with Crippen LogP contribution in [-0.4, -0.2) is 54.4 Å². The standard InChI is InChI=1S/C25H23BrN2O5/c1-3-13-27-19-8-5-4-7-18(19)25(24(27)32)20(21(29)16-9-11-17(26)12-10-16)22(30)23(31)28(25)14-6-15-33-2/h3-5,7-12,29H,1,6,13-15H2,2H3. The van der Waals surface area contributed by atoms with Gasteiger partial charge >= 0.3 is 0 Å². The van der Waals surface area contributed by atoms with Crippen molar-refractivity contribution in [2.45, 2.75) is 12.0 Å².